The molecule has 2 atom stereocenters. The average Bonchev–Trinajstić information content (AvgIpc) is 3.01. The van der Waals surface area contributed by atoms with Crippen molar-refractivity contribution in [1.82, 2.24) is 15.3 Å². The first kappa shape index (κ1) is 12.4. The van der Waals surface area contributed by atoms with E-state index in [0.717, 1.165) is 18.9 Å². The van der Waals surface area contributed by atoms with E-state index in [4.69, 9.17) is 0 Å². The quantitative estimate of drug-likeness (QED) is 0.776. The number of rotatable bonds is 2. The molecule has 0 spiro atoms. The molecule has 0 saturated carbocycles. The fraction of sp³-hybridized carbons (Fsp3) is 0.667. The summed E-state index contributed by atoms with van der Waals surface area (Å²) < 4.78 is 0.708. The summed E-state index contributed by atoms with van der Waals surface area (Å²) in [4.78, 5) is 21.0. The Hall–Kier alpha value is -0.630. The minimum absolute atomic E-state index is 0.0365. The smallest absolute Gasteiger partial charge is 0.266 e. The van der Waals surface area contributed by atoms with Crippen molar-refractivity contribution in [2.75, 3.05) is 18.0 Å². The molecular formula is C12H17IN4O. The number of anilines is 1. The van der Waals surface area contributed by atoms with E-state index in [2.05, 4.69) is 42.8 Å². The third-order valence-electron chi connectivity index (χ3n) is 3.91. The summed E-state index contributed by atoms with van der Waals surface area (Å²) in [5, 5.41) is 3.57. The Morgan fingerprint density at radius 2 is 2.28 bits per heavy atom. The van der Waals surface area contributed by atoms with Gasteiger partial charge >= 0.3 is 0 Å². The molecule has 1 aromatic heterocycles. The molecule has 0 aliphatic carbocycles. The number of H-pyrrole nitrogens is 1. The van der Waals surface area contributed by atoms with Gasteiger partial charge in [-0.25, -0.2) is 4.98 Å². The molecule has 2 aliphatic rings. The zero-order chi connectivity index (χ0) is 12.5. The highest BCUT2D eigenvalue weighted by atomic mass is 127. The number of nitrogens with one attached hydrogen (secondary N) is 2. The Balaban J connectivity index is 1.90. The second-order valence-corrected chi connectivity index (χ2v) is 6.05. The molecular weight excluding hydrogens is 343 g/mol. The molecule has 98 valence electrons. The van der Waals surface area contributed by atoms with E-state index in [9.17, 15) is 4.79 Å². The molecule has 6 heteroatoms. The molecule has 1 aromatic rings. The fourth-order valence-electron chi connectivity index (χ4n) is 3.09. The standard InChI is InChI=1S/C12H17IN4O/c13-10-11(15-7-16-12(10)18)17-6-2-4-9(17)8-3-1-5-14-8/h7-9,14H,1-6H2,(H,15,16,18). The molecule has 18 heavy (non-hydrogen) atoms. The van der Waals surface area contributed by atoms with Crippen molar-refractivity contribution < 1.29 is 0 Å². The van der Waals surface area contributed by atoms with Crippen LogP contribution in [0.4, 0.5) is 5.82 Å². The predicted molar refractivity (Wildman–Crippen MR) is 79.0 cm³/mol. The SMILES string of the molecule is O=c1[nH]cnc(N2CCCC2C2CCCN2)c1I. The summed E-state index contributed by atoms with van der Waals surface area (Å²) in [5.41, 5.74) is -0.0365. The maximum atomic E-state index is 11.7. The van der Waals surface area contributed by atoms with Gasteiger partial charge in [0, 0.05) is 18.6 Å². The first-order valence-corrected chi connectivity index (χ1v) is 7.58. The number of nitrogens with zero attached hydrogens (tertiary/aromatic N) is 2. The lowest BCUT2D eigenvalue weighted by atomic mass is 10.0. The molecule has 3 rings (SSSR count). The number of hydrogen-bond donors (Lipinski definition) is 2. The van der Waals surface area contributed by atoms with Gasteiger partial charge in [-0.2, -0.15) is 0 Å². The van der Waals surface area contributed by atoms with Crippen LogP contribution in [0.2, 0.25) is 0 Å². The molecule has 0 bridgehead atoms. The zero-order valence-corrected chi connectivity index (χ0v) is 12.3. The molecule has 3 heterocycles. The molecule has 0 amide bonds. The van der Waals surface area contributed by atoms with Crippen LogP contribution in [0.25, 0.3) is 0 Å². The maximum Gasteiger partial charge on any atom is 0.266 e. The topological polar surface area (TPSA) is 61.0 Å². The fourth-order valence-corrected chi connectivity index (χ4v) is 3.69. The van der Waals surface area contributed by atoms with Gasteiger partial charge in [0.2, 0.25) is 0 Å². The summed E-state index contributed by atoms with van der Waals surface area (Å²) in [6.45, 7) is 2.13. The van der Waals surface area contributed by atoms with Crippen molar-refractivity contribution in [3.63, 3.8) is 0 Å². The number of aromatic amines is 1. The third kappa shape index (κ3) is 2.16. The predicted octanol–water partition coefficient (Wildman–Crippen LogP) is 1.10. The van der Waals surface area contributed by atoms with Crippen LogP contribution in [-0.2, 0) is 0 Å². The van der Waals surface area contributed by atoms with E-state index < -0.39 is 0 Å². The highest BCUT2D eigenvalue weighted by molar-refractivity contribution is 14.1. The molecule has 0 radical (unpaired) electrons. The van der Waals surface area contributed by atoms with Gasteiger partial charge in [0.1, 0.15) is 9.39 Å². The van der Waals surface area contributed by atoms with Crippen molar-refractivity contribution >= 4 is 28.4 Å². The van der Waals surface area contributed by atoms with Gasteiger partial charge in [-0.05, 0) is 54.8 Å². The van der Waals surface area contributed by atoms with Crippen molar-refractivity contribution in [2.24, 2.45) is 0 Å². The van der Waals surface area contributed by atoms with Gasteiger partial charge < -0.3 is 15.2 Å². The Kier molecular flexibility index (Phi) is 3.56. The number of hydrogen-bond acceptors (Lipinski definition) is 4. The van der Waals surface area contributed by atoms with Crippen LogP contribution in [0, 0.1) is 3.57 Å². The van der Waals surface area contributed by atoms with E-state index in [1.807, 2.05) is 0 Å². The monoisotopic (exact) mass is 360 g/mol. The van der Waals surface area contributed by atoms with Gasteiger partial charge in [0.25, 0.3) is 5.56 Å². The summed E-state index contributed by atoms with van der Waals surface area (Å²) in [5.74, 6) is 0.857. The minimum Gasteiger partial charge on any atom is -0.351 e. The Morgan fingerprint density at radius 1 is 1.39 bits per heavy atom. The molecule has 2 aliphatic heterocycles. The van der Waals surface area contributed by atoms with Crippen molar-refractivity contribution in [2.45, 2.75) is 37.8 Å². The average molecular weight is 360 g/mol. The Labute approximate surface area is 120 Å². The van der Waals surface area contributed by atoms with Crippen molar-refractivity contribution in [3.05, 3.63) is 20.3 Å². The largest absolute Gasteiger partial charge is 0.351 e. The highest BCUT2D eigenvalue weighted by Crippen LogP contribution is 2.30. The van der Waals surface area contributed by atoms with E-state index in [0.29, 0.717) is 15.7 Å². The summed E-state index contributed by atoms with van der Waals surface area (Å²) in [6.07, 6.45) is 6.39. The van der Waals surface area contributed by atoms with E-state index >= 15 is 0 Å². The van der Waals surface area contributed by atoms with Crippen LogP contribution in [0.15, 0.2) is 11.1 Å². The lowest BCUT2D eigenvalue weighted by Crippen LogP contribution is -2.45. The zero-order valence-electron chi connectivity index (χ0n) is 10.2. The minimum atomic E-state index is -0.0365. The van der Waals surface area contributed by atoms with Crippen molar-refractivity contribution in [3.8, 4) is 0 Å². The first-order valence-electron chi connectivity index (χ1n) is 6.50. The third-order valence-corrected chi connectivity index (χ3v) is 4.88. The highest BCUT2D eigenvalue weighted by Gasteiger charge is 2.34. The Morgan fingerprint density at radius 3 is 3.06 bits per heavy atom. The molecule has 2 unspecified atom stereocenters. The van der Waals surface area contributed by atoms with Crippen LogP contribution < -0.4 is 15.8 Å². The van der Waals surface area contributed by atoms with Crippen molar-refractivity contribution in [1.29, 1.82) is 0 Å². The summed E-state index contributed by atoms with van der Waals surface area (Å²) in [7, 11) is 0. The van der Waals surface area contributed by atoms with Gasteiger partial charge in [0.15, 0.2) is 0 Å². The van der Waals surface area contributed by atoms with Crippen LogP contribution in [-0.4, -0.2) is 35.1 Å². The normalized spacial score (nSPS) is 27.9. The van der Waals surface area contributed by atoms with Gasteiger partial charge in [-0.3, -0.25) is 4.79 Å². The summed E-state index contributed by atoms with van der Waals surface area (Å²) >= 11 is 2.10. The lowest BCUT2D eigenvalue weighted by molar-refractivity contribution is 0.480. The lowest BCUT2D eigenvalue weighted by Gasteiger charge is -2.30. The van der Waals surface area contributed by atoms with E-state index in [1.165, 1.54) is 32.0 Å². The molecule has 2 fully saturated rings. The van der Waals surface area contributed by atoms with Crippen LogP contribution in [0.5, 0.6) is 0 Å². The molecule has 5 nitrogen and oxygen atoms in total. The van der Waals surface area contributed by atoms with Crippen LogP contribution in [0.3, 0.4) is 0 Å². The molecule has 2 saturated heterocycles. The van der Waals surface area contributed by atoms with E-state index in [-0.39, 0.29) is 5.56 Å². The Bertz CT molecular complexity index is 483. The second-order valence-electron chi connectivity index (χ2n) is 4.98. The first-order chi connectivity index (χ1) is 8.77. The van der Waals surface area contributed by atoms with Gasteiger partial charge in [-0.15, -0.1) is 0 Å². The van der Waals surface area contributed by atoms with Crippen LogP contribution >= 0.6 is 22.6 Å². The van der Waals surface area contributed by atoms with Crippen LogP contribution in [0.1, 0.15) is 25.7 Å². The number of halogens is 1. The second kappa shape index (κ2) is 5.16. The maximum absolute atomic E-state index is 11.7. The van der Waals surface area contributed by atoms with Gasteiger partial charge in [-0.1, -0.05) is 0 Å². The summed E-state index contributed by atoms with van der Waals surface area (Å²) in [6, 6.07) is 1.06. The number of aromatic nitrogens is 2. The van der Waals surface area contributed by atoms with Gasteiger partial charge in [0.05, 0.1) is 6.33 Å². The molecule has 0 aromatic carbocycles. The van der Waals surface area contributed by atoms with E-state index in [1.54, 1.807) is 0 Å². The molecule has 2 N–H and O–H groups in total.